The molecule has 0 spiro atoms. The molecule has 0 saturated heterocycles. The van der Waals surface area contributed by atoms with Gasteiger partial charge in [0, 0.05) is 30.4 Å². The average molecular weight is 540 g/mol. The Balaban J connectivity index is 1.30. The molecule has 3 aliphatic heterocycles. The molecule has 4 heterocycles. The van der Waals surface area contributed by atoms with Gasteiger partial charge in [0.2, 0.25) is 0 Å². The van der Waals surface area contributed by atoms with Crippen LogP contribution in [0.5, 0.6) is 0 Å². The third-order valence-electron chi connectivity index (χ3n) is 8.37. The first-order valence-corrected chi connectivity index (χ1v) is 14.1. The van der Waals surface area contributed by atoms with Crippen molar-refractivity contribution in [2.24, 2.45) is 0 Å². The maximum absolute atomic E-state index is 4.68. The highest BCUT2D eigenvalue weighted by Gasteiger charge is 2.35. The monoisotopic (exact) mass is 539 g/mol. The lowest BCUT2D eigenvalue weighted by Gasteiger charge is -2.32. The van der Waals surface area contributed by atoms with E-state index in [1.165, 1.54) is 43.8 Å². The Labute approximate surface area is 243 Å². The summed E-state index contributed by atoms with van der Waals surface area (Å²) in [4.78, 5) is 8.97. The Kier molecular flexibility index (Phi) is 4.83. The fourth-order valence-corrected chi connectivity index (χ4v) is 6.56. The number of fused-ring (bicyclic) bond motifs is 7. The molecule has 5 heteroatoms. The molecule has 0 radical (unpaired) electrons. The van der Waals surface area contributed by atoms with Crippen molar-refractivity contribution >= 4 is 38.7 Å². The third kappa shape index (κ3) is 3.28. The molecule has 6 aromatic rings. The van der Waals surface area contributed by atoms with Gasteiger partial charge in [-0.15, -0.1) is 0 Å². The van der Waals surface area contributed by atoms with E-state index in [0.29, 0.717) is 0 Å². The predicted octanol–water partition coefficient (Wildman–Crippen LogP) is 8.15. The highest BCUT2D eigenvalue weighted by atomic mass is 15.4. The molecule has 9 rings (SSSR count). The van der Waals surface area contributed by atoms with Gasteiger partial charge >= 0.3 is 0 Å². The van der Waals surface area contributed by atoms with E-state index in [1.54, 1.807) is 0 Å². The zero-order chi connectivity index (χ0) is 27.6. The summed E-state index contributed by atoms with van der Waals surface area (Å²) in [5, 5.41) is 12.1. The number of aromatic nitrogens is 1. The second-order valence-corrected chi connectivity index (χ2v) is 10.7. The zero-order valence-corrected chi connectivity index (χ0v) is 22.6. The molecule has 0 atom stereocenters. The molecule has 0 aliphatic carbocycles. The molecule has 0 bridgehead atoms. The van der Waals surface area contributed by atoms with Crippen molar-refractivity contribution in [3.05, 3.63) is 157 Å². The van der Waals surface area contributed by atoms with Gasteiger partial charge in [-0.1, -0.05) is 97.1 Å². The molecule has 0 amide bonds. The van der Waals surface area contributed by atoms with Gasteiger partial charge in [0.1, 0.15) is 0 Å². The molecule has 0 fully saturated rings. The van der Waals surface area contributed by atoms with Crippen LogP contribution in [0.4, 0.5) is 11.5 Å². The third-order valence-corrected chi connectivity index (χ3v) is 8.37. The number of hydrogen-bond acceptors (Lipinski definition) is 5. The lowest BCUT2D eigenvalue weighted by molar-refractivity contribution is 0.887. The number of benzene rings is 5. The maximum atomic E-state index is 4.68. The first kappa shape index (κ1) is 22.9. The van der Waals surface area contributed by atoms with Crippen LogP contribution in [0.15, 0.2) is 152 Å². The minimum atomic E-state index is 0.903. The van der Waals surface area contributed by atoms with Crippen molar-refractivity contribution in [3.8, 4) is 22.3 Å². The van der Waals surface area contributed by atoms with Crippen molar-refractivity contribution in [1.29, 1.82) is 0 Å². The average Bonchev–Trinajstić information content (AvgIpc) is 3.73. The maximum Gasteiger partial charge on any atom is 0.162 e. The van der Waals surface area contributed by atoms with Crippen molar-refractivity contribution in [3.63, 3.8) is 0 Å². The first-order chi connectivity index (χ1) is 20.8. The van der Waals surface area contributed by atoms with E-state index in [-0.39, 0.29) is 0 Å². The molecule has 1 aromatic heterocycles. The van der Waals surface area contributed by atoms with Gasteiger partial charge in [0.15, 0.2) is 17.5 Å². The summed E-state index contributed by atoms with van der Waals surface area (Å²) >= 11 is 0. The summed E-state index contributed by atoms with van der Waals surface area (Å²) in [5.41, 5.74) is 8.15. The van der Waals surface area contributed by atoms with Gasteiger partial charge in [-0.05, 0) is 62.0 Å². The number of hydrogen-bond donors (Lipinski definition) is 2. The van der Waals surface area contributed by atoms with Gasteiger partial charge in [-0.3, -0.25) is 9.80 Å². The SMILES string of the molecule is C1=CN2C(=C3NC(c4ccc5c(-c6ccccc6)c6ccccc6c(-c6ccccc6)c5c4)=CN3c3cccnc32)N1. The second-order valence-electron chi connectivity index (χ2n) is 10.7. The van der Waals surface area contributed by atoms with E-state index < -0.39 is 0 Å². The van der Waals surface area contributed by atoms with Crippen LogP contribution in [0.3, 0.4) is 0 Å². The van der Waals surface area contributed by atoms with Crippen LogP contribution in [-0.4, -0.2) is 4.98 Å². The zero-order valence-electron chi connectivity index (χ0n) is 22.6. The molecule has 2 N–H and O–H groups in total. The molecule has 5 aromatic carbocycles. The fourth-order valence-electron chi connectivity index (χ4n) is 6.56. The Hall–Kier alpha value is -5.81. The van der Waals surface area contributed by atoms with Crippen molar-refractivity contribution in [2.45, 2.75) is 0 Å². The lowest BCUT2D eigenvalue weighted by atomic mass is 9.85. The normalized spacial score (nSPS) is 14.9. The Morgan fingerprint density at radius 2 is 1.21 bits per heavy atom. The minimum absolute atomic E-state index is 0.903. The van der Waals surface area contributed by atoms with Gasteiger partial charge in [0.05, 0.1) is 11.4 Å². The van der Waals surface area contributed by atoms with Crippen molar-refractivity contribution in [2.75, 3.05) is 9.80 Å². The van der Waals surface area contributed by atoms with Crippen molar-refractivity contribution in [1.82, 2.24) is 15.6 Å². The highest BCUT2D eigenvalue weighted by Crippen LogP contribution is 2.46. The number of anilines is 2. The molecule has 198 valence electrons. The van der Waals surface area contributed by atoms with E-state index >= 15 is 0 Å². The summed E-state index contributed by atoms with van der Waals surface area (Å²) in [6.07, 6.45) is 7.99. The molecule has 0 unspecified atom stereocenters. The van der Waals surface area contributed by atoms with Crippen molar-refractivity contribution < 1.29 is 0 Å². The number of nitrogens with zero attached hydrogens (tertiary/aromatic N) is 3. The van der Waals surface area contributed by atoms with Gasteiger partial charge in [-0.2, -0.15) is 0 Å². The minimum Gasteiger partial charge on any atom is -0.343 e. The second kappa shape index (κ2) is 8.85. The number of nitrogens with one attached hydrogen (secondary N) is 2. The van der Waals surface area contributed by atoms with E-state index in [0.717, 1.165) is 34.4 Å². The largest absolute Gasteiger partial charge is 0.343 e. The van der Waals surface area contributed by atoms with Crippen LogP contribution >= 0.6 is 0 Å². The quantitative estimate of drug-likeness (QED) is 0.222. The summed E-state index contributed by atoms with van der Waals surface area (Å²) in [7, 11) is 0. The highest BCUT2D eigenvalue weighted by molar-refractivity contribution is 6.21. The van der Waals surface area contributed by atoms with Crippen LogP contribution in [0.25, 0.3) is 49.5 Å². The van der Waals surface area contributed by atoms with Crippen LogP contribution in [0, 0.1) is 0 Å². The smallest absolute Gasteiger partial charge is 0.162 e. The van der Waals surface area contributed by atoms with E-state index in [9.17, 15) is 0 Å². The Morgan fingerprint density at radius 3 is 1.95 bits per heavy atom. The van der Waals surface area contributed by atoms with E-state index in [4.69, 9.17) is 0 Å². The molecular formula is C37H25N5. The summed E-state index contributed by atoms with van der Waals surface area (Å²) in [6.45, 7) is 0. The topological polar surface area (TPSA) is 43.4 Å². The number of rotatable bonds is 3. The molecular weight excluding hydrogens is 514 g/mol. The van der Waals surface area contributed by atoms with E-state index in [1.807, 2.05) is 24.7 Å². The van der Waals surface area contributed by atoms with Crippen LogP contribution in [0.1, 0.15) is 5.56 Å². The first-order valence-electron chi connectivity index (χ1n) is 14.1. The lowest BCUT2D eigenvalue weighted by Crippen LogP contribution is -2.35. The van der Waals surface area contributed by atoms with E-state index in [2.05, 4.69) is 141 Å². The standard InChI is InChI=1S/C37H25N5/c1-3-10-24(11-4-1)33-27-14-7-8-15-28(27)34(25-12-5-2-6-13-25)30-22-26(17-18-29(30)33)31-23-42-32-16-9-19-38-35(32)41-21-20-39-36(41)37(42)40-31/h1-23,39-40H. The fraction of sp³-hybridized carbons (Fsp3) is 0. The molecule has 5 nitrogen and oxygen atoms in total. The number of pyridine rings is 1. The summed E-state index contributed by atoms with van der Waals surface area (Å²) in [6, 6.07) is 41.3. The van der Waals surface area contributed by atoms with Crippen LogP contribution in [0.2, 0.25) is 0 Å². The van der Waals surface area contributed by atoms with Crippen LogP contribution < -0.4 is 20.4 Å². The summed E-state index contributed by atoms with van der Waals surface area (Å²) < 4.78 is 0. The molecule has 42 heavy (non-hydrogen) atoms. The Morgan fingerprint density at radius 1 is 0.548 bits per heavy atom. The van der Waals surface area contributed by atoms with Gasteiger partial charge in [-0.25, -0.2) is 4.98 Å². The Bertz CT molecular complexity index is 2140. The molecule has 0 saturated carbocycles. The van der Waals surface area contributed by atoms with Crippen LogP contribution in [-0.2, 0) is 0 Å². The summed E-state index contributed by atoms with van der Waals surface area (Å²) in [5.74, 6) is 2.86. The van der Waals surface area contributed by atoms with Gasteiger partial charge < -0.3 is 10.6 Å². The predicted molar refractivity (Wildman–Crippen MR) is 172 cm³/mol. The van der Waals surface area contributed by atoms with Gasteiger partial charge in [0.25, 0.3) is 0 Å². The molecule has 3 aliphatic rings.